The molecule has 0 radical (unpaired) electrons. The quantitative estimate of drug-likeness (QED) is 0.0352. The minimum absolute atomic E-state index is 0.321. The summed E-state index contributed by atoms with van der Waals surface area (Å²) < 4.78 is 5.08. The zero-order chi connectivity index (χ0) is 40.9. The van der Waals surface area contributed by atoms with Gasteiger partial charge >= 0.3 is 11.9 Å². The lowest BCUT2D eigenvalue weighted by Gasteiger charge is -2.28. The molecule has 0 fully saturated rings. The normalized spacial score (nSPS) is 14.1. The van der Waals surface area contributed by atoms with Gasteiger partial charge in [0.25, 0.3) is 0 Å². The Hall–Kier alpha value is -0.860. The molecule has 0 aliphatic heterocycles. The highest BCUT2D eigenvalue weighted by Crippen LogP contribution is 2.36. The molecule has 0 aliphatic carbocycles. The van der Waals surface area contributed by atoms with Gasteiger partial charge in [-0.15, -0.1) is 0 Å². The first-order valence-electron chi connectivity index (χ1n) is 25.2. The summed E-state index contributed by atoms with van der Waals surface area (Å²) in [5.74, 6) is 1.04. The highest BCUT2D eigenvalue weighted by atomic mass is 16.6. The van der Waals surface area contributed by atoms with E-state index in [4.69, 9.17) is 4.74 Å². The van der Waals surface area contributed by atoms with Crippen molar-refractivity contribution in [1.29, 1.82) is 0 Å². The third kappa shape index (κ3) is 37.2. The summed E-state index contributed by atoms with van der Waals surface area (Å²) in [6.07, 6.45) is 48.3. The van der Waals surface area contributed by atoms with Gasteiger partial charge in [-0.25, -0.2) is 0 Å². The molecule has 328 valence electrons. The highest BCUT2D eigenvalue weighted by Gasteiger charge is 2.22. The van der Waals surface area contributed by atoms with Crippen LogP contribution in [-0.4, -0.2) is 11.9 Å². The van der Waals surface area contributed by atoms with Gasteiger partial charge in [-0.2, -0.15) is 0 Å². The molecular weight excluding hydrogens is 673 g/mol. The minimum atomic E-state index is -0.321. The molecule has 0 aromatic rings. The maximum Gasteiger partial charge on any atom is 0.313 e. The summed E-state index contributed by atoms with van der Waals surface area (Å²) in [6, 6.07) is 0. The fourth-order valence-corrected chi connectivity index (χ4v) is 8.59. The van der Waals surface area contributed by atoms with Crippen LogP contribution in [0.15, 0.2) is 0 Å². The zero-order valence-corrected chi connectivity index (χ0v) is 39.2. The molecule has 0 saturated carbocycles. The van der Waals surface area contributed by atoms with Gasteiger partial charge in [0.05, 0.1) is 0 Å². The van der Waals surface area contributed by atoms with Crippen molar-refractivity contribution in [2.45, 2.75) is 299 Å². The van der Waals surface area contributed by atoms with Crippen LogP contribution in [0.2, 0.25) is 0 Å². The van der Waals surface area contributed by atoms with Crippen LogP contribution in [0, 0.1) is 22.7 Å². The van der Waals surface area contributed by atoms with Crippen molar-refractivity contribution in [2.75, 3.05) is 0 Å². The maximum absolute atomic E-state index is 12.1. The largest absolute Gasteiger partial charge is 0.393 e. The maximum atomic E-state index is 12.1. The summed E-state index contributed by atoms with van der Waals surface area (Å²) in [6.45, 7) is 19.2. The average Bonchev–Trinajstić information content (AvgIpc) is 3.14. The van der Waals surface area contributed by atoms with Gasteiger partial charge in [0.1, 0.15) is 0 Å². The summed E-state index contributed by atoms with van der Waals surface area (Å²) in [7, 11) is 0. The molecule has 3 heteroatoms. The first kappa shape index (κ1) is 54.1. The Morgan fingerprint density at radius 3 is 0.818 bits per heavy atom. The van der Waals surface area contributed by atoms with Crippen LogP contribution in [0.3, 0.4) is 0 Å². The molecule has 2 unspecified atom stereocenters. The number of rotatable bonds is 42. The van der Waals surface area contributed by atoms with E-state index >= 15 is 0 Å². The Morgan fingerprint density at radius 2 is 0.582 bits per heavy atom. The number of hydrogen-bond donors (Lipinski definition) is 0. The van der Waals surface area contributed by atoms with Crippen molar-refractivity contribution >= 4 is 11.9 Å². The van der Waals surface area contributed by atoms with Gasteiger partial charge in [-0.3, -0.25) is 9.59 Å². The number of carbonyl (C=O) groups excluding carboxylic acids is 2. The topological polar surface area (TPSA) is 43.4 Å². The highest BCUT2D eigenvalue weighted by molar-refractivity contribution is 5.85. The summed E-state index contributed by atoms with van der Waals surface area (Å²) in [5.41, 5.74) is 1.14. The molecule has 0 spiro atoms. The van der Waals surface area contributed by atoms with Gasteiger partial charge in [0, 0.05) is 12.8 Å². The van der Waals surface area contributed by atoms with E-state index in [2.05, 4.69) is 55.4 Å². The number of ether oxygens (including phenoxy) is 1. The van der Waals surface area contributed by atoms with Crippen molar-refractivity contribution in [2.24, 2.45) is 22.7 Å². The SMILES string of the molecule is CCC(C)(CCCCCCCCCCCCCCCC(=O)OC(=O)CCCCCCCCCCCCCCCC(C)(CC)CCCC(C)C)CCCC(C)C. The van der Waals surface area contributed by atoms with E-state index in [1.807, 2.05) is 0 Å². The molecule has 0 heterocycles. The molecule has 55 heavy (non-hydrogen) atoms. The van der Waals surface area contributed by atoms with Gasteiger partial charge in [0.15, 0.2) is 0 Å². The smallest absolute Gasteiger partial charge is 0.313 e. The van der Waals surface area contributed by atoms with Gasteiger partial charge < -0.3 is 4.74 Å². The standard InChI is InChI=1S/C52H102O3/c1-9-51(7,45-37-39-47(3)4)43-35-31-27-23-19-15-11-13-17-21-25-29-33-41-49(53)55-50(54)42-34-30-26-22-18-14-12-16-20-24-28-32-36-44-52(8,10-2)46-38-40-48(5)6/h47-48H,9-46H2,1-8H3. The molecule has 0 amide bonds. The van der Waals surface area contributed by atoms with E-state index in [1.54, 1.807) is 0 Å². The zero-order valence-electron chi connectivity index (χ0n) is 39.2. The number of hydrogen-bond acceptors (Lipinski definition) is 3. The fraction of sp³-hybridized carbons (Fsp3) is 0.962. The Balaban J connectivity index is 3.46. The van der Waals surface area contributed by atoms with Crippen LogP contribution in [-0.2, 0) is 14.3 Å². The summed E-state index contributed by atoms with van der Waals surface area (Å²) in [5, 5.41) is 0. The predicted octanol–water partition coefficient (Wildman–Crippen LogP) is 18.2. The van der Waals surface area contributed by atoms with Crippen LogP contribution in [0.5, 0.6) is 0 Å². The molecule has 0 aromatic heterocycles. The van der Waals surface area contributed by atoms with Crippen molar-refractivity contribution in [3.05, 3.63) is 0 Å². The first-order chi connectivity index (χ1) is 26.4. The van der Waals surface area contributed by atoms with Crippen LogP contribution >= 0.6 is 0 Å². The summed E-state index contributed by atoms with van der Waals surface area (Å²) in [4.78, 5) is 24.2. The lowest BCUT2D eigenvalue weighted by molar-refractivity contribution is -0.159. The van der Waals surface area contributed by atoms with Crippen LogP contribution < -0.4 is 0 Å². The molecule has 0 bridgehead atoms. The van der Waals surface area contributed by atoms with Crippen LogP contribution in [0.4, 0.5) is 0 Å². The van der Waals surface area contributed by atoms with Crippen molar-refractivity contribution < 1.29 is 14.3 Å². The molecular formula is C52H102O3. The molecule has 0 rings (SSSR count). The molecule has 3 nitrogen and oxygen atoms in total. The van der Waals surface area contributed by atoms with E-state index in [9.17, 15) is 9.59 Å². The number of esters is 2. The lowest BCUT2D eigenvalue weighted by Crippen LogP contribution is -2.15. The molecule has 0 N–H and O–H groups in total. The van der Waals surface area contributed by atoms with E-state index in [-0.39, 0.29) is 11.9 Å². The molecule has 2 atom stereocenters. The Morgan fingerprint density at radius 1 is 0.364 bits per heavy atom. The Kier molecular flexibility index (Phi) is 36.8. The third-order valence-electron chi connectivity index (χ3n) is 13.4. The Bertz CT molecular complexity index is 780. The first-order valence-corrected chi connectivity index (χ1v) is 25.2. The number of unbranched alkanes of at least 4 members (excludes halogenated alkanes) is 24. The third-order valence-corrected chi connectivity index (χ3v) is 13.4. The summed E-state index contributed by atoms with van der Waals surface area (Å²) >= 11 is 0. The van der Waals surface area contributed by atoms with Crippen LogP contribution in [0.1, 0.15) is 299 Å². The van der Waals surface area contributed by atoms with Crippen molar-refractivity contribution in [3.63, 3.8) is 0 Å². The second kappa shape index (κ2) is 37.4. The van der Waals surface area contributed by atoms with Crippen molar-refractivity contribution in [3.8, 4) is 0 Å². The van der Waals surface area contributed by atoms with E-state index in [0.717, 1.165) is 37.5 Å². The van der Waals surface area contributed by atoms with Crippen molar-refractivity contribution in [1.82, 2.24) is 0 Å². The minimum Gasteiger partial charge on any atom is -0.393 e. The van der Waals surface area contributed by atoms with Gasteiger partial charge in [0.2, 0.25) is 0 Å². The lowest BCUT2D eigenvalue weighted by atomic mass is 9.77. The Labute approximate surface area is 347 Å². The second-order valence-corrected chi connectivity index (χ2v) is 19.9. The van der Waals surface area contributed by atoms with Crippen LogP contribution in [0.25, 0.3) is 0 Å². The molecule has 0 saturated heterocycles. The van der Waals surface area contributed by atoms with E-state index < -0.39 is 0 Å². The molecule has 0 aliphatic rings. The monoisotopic (exact) mass is 775 g/mol. The van der Waals surface area contributed by atoms with E-state index in [1.165, 1.54) is 205 Å². The predicted molar refractivity (Wildman–Crippen MR) is 244 cm³/mol. The fourth-order valence-electron chi connectivity index (χ4n) is 8.59. The average molecular weight is 775 g/mol. The van der Waals surface area contributed by atoms with Gasteiger partial charge in [-0.1, -0.05) is 248 Å². The van der Waals surface area contributed by atoms with Gasteiger partial charge in [-0.05, 0) is 61.2 Å². The second-order valence-electron chi connectivity index (χ2n) is 19.9. The number of carbonyl (C=O) groups is 2. The van der Waals surface area contributed by atoms with E-state index in [0.29, 0.717) is 23.7 Å². The molecule has 0 aromatic carbocycles.